The minimum absolute atomic E-state index is 0.0632. The number of rotatable bonds is 5. The maximum atomic E-state index is 13.0. The average Bonchev–Trinajstić information content (AvgIpc) is 3.31. The Morgan fingerprint density at radius 2 is 1.93 bits per heavy atom. The highest BCUT2D eigenvalue weighted by Gasteiger charge is 2.16. The molecule has 7 heteroatoms. The summed E-state index contributed by atoms with van der Waals surface area (Å²) in [5.74, 6) is 0.743. The summed E-state index contributed by atoms with van der Waals surface area (Å²) in [4.78, 5) is 19.0. The normalized spacial score (nSPS) is 11.0. The van der Waals surface area contributed by atoms with Gasteiger partial charge in [0.05, 0.1) is 24.7 Å². The number of benzene rings is 2. The van der Waals surface area contributed by atoms with Crippen LogP contribution in [0.15, 0.2) is 60.8 Å². The topological polar surface area (TPSA) is 52.3 Å². The molecule has 0 bridgehead atoms. The van der Waals surface area contributed by atoms with Crippen LogP contribution in [0.1, 0.15) is 16.1 Å². The second-order valence-corrected chi connectivity index (χ2v) is 7.21. The summed E-state index contributed by atoms with van der Waals surface area (Å²) in [5, 5.41) is 0.398. The molecule has 6 nitrogen and oxygen atoms in total. The van der Waals surface area contributed by atoms with Gasteiger partial charge in [0.1, 0.15) is 5.75 Å². The van der Waals surface area contributed by atoms with Crippen molar-refractivity contribution >= 4 is 28.5 Å². The van der Waals surface area contributed by atoms with Gasteiger partial charge in [-0.3, -0.25) is 4.79 Å². The van der Waals surface area contributed by atoms with E-state index in [9.17, 15) is 4.79 Å². The van der Waals surface area contributed by atoms with Gasteiger partial charge in [0, 0.05) is 37.2 Å². The third-order valence-electron chi connectivity index (χ3n) is 5.00. The first-order valence-electron chi connectivity index (χ1n) is 9.16. The van der Waals surface area contributed by atoms with Crippen molar-refractivity contribution in [2.24, 2.45) is 7.05 Å². The van der Waals surface area contributed by atoms with Crippen LogP contribution in [0, 0.1) is 0 Å². The lowest BCUT2D eigenvalue weighted by Crippen LogP contribution is -2.27. The Labute approximate surface area is 173 Å². The number of imidazole rings is 1. The van der Waals surface area contributed by atoms with E-state index in [2.05, 4.69) is 9.55 Å². The highest BCUT2D eigenvalue weighted by molar-refractivity contribution is 6.29. The maximum Gasteiger partial charge on any atom is 0.254 e. The van der Waals surface area contributed by atoms with Gasteiger partial charge in [-0.15, -0.1) is 0 Å². The summed E-state index contributed by atoms with van der Waals surface area (Å²) >= 11 is 6.08. The van der Waals surface area contributed by atoms with Crippen molar-refractivity contribution in [1.82, 2.24) is 19.0 Å². The monoisotopic (exact) mass is 408 g/mol. The van der Waals surface area contributed by atoms with E-state index in [0.29, 0.717) is 17.4 Å². The van der Waals surface area contributed by atoms with Crippen molar-refractivity contribution in [2.75, 3.05) is 14.2 Å². The zero-order chi connectivity index (χ0) is 20.5. The molecule has 2 aromatic heterocycles. The van der Waals surface area contributed by atoms with E-state index in [1.54, 1.807) is 29.7 Å². The predicted octanol–water partition coefficient (Wildman–Crippen LogP) is 4.30. The summed E-state index contributed by atoms with van der Waals surface area (Å²) in [7, 11) is 5.28. The van der Waals surface area contributed by atoms with Crippen LogP contribution in [-0.4, -0.2) is 39.1 Å². The number of aromatic nitrogens is 3. The van der Waals surface area contributed by atoms with E-state index in [1.807, 2.05) is 61.8 Å². The van der Waals surface area contributed by atoms with Crippen molar-refractivity contribution in [2.45, 2.75) is 6.54 Å². The molecule has 0 aliphatic carbocycles. The fourth-order valence-electron chi connectivity index (χ4n) is 3.37. The van der Waals surface area contributed by atoms with Crippen LogP contribution in [0.25, 0.3) is 16.7 Å². The van der Waals surface area contributed by atoms with Crippen LogP contribution < -0.4 is 4.74 Å². The van der Waals surface area contributed by atoms with Gasteiger partial charge in [-0.2, -0.15) is 0 Å². The van der Waals surface area contributed by atoms with Gasteiger partial charge in [0.25, 0.3) is 5.91 Å². The second-order valence-electron chi connectivity index (χ2n) is 6.87. The highest BCUT2D eigenvalue weighted by Crippen LogP contribution is 2.22. The van der Waals surface area contributed by atoms with Crippen LogP contribution >= 0.6 is 11.6 Å². The number of aryl methyl sites for hydroxylation is 1. The Morgan fingerprint density at radius 3 is 2.66 bits per heavy atom. The molecule has 148 valence electrons. The summed E-state index contributed by atoms with van der Waals surface area (Å²) in [6.45, 7) is 0.474. The first kappa shape index (κ1) is 19.1. The van der Waals surface area contributed by atoms with Gasteiger partial charge < -0.3 is 18.8 Å². The lowest BCUT2D eigenvalue weighted by atomic mass is 10.1. The molecule has 0 spiro atoms. The van der Waals surface area contributed by atoms with Crippen molar-refractivity contribution in [3.8, 4) is 11.4 Å². The standard InChI is InChI=1S/C22H21ClN4O2/c1-25(21(28)15-6-11-19-20(13-15)26(2)22(23)24-19)14-17-5-4-12-27(17)16-7-9-18(29-3)10-8-16/h4-13H,14H2,1-3H3. The number of fused-ring (bicyclic) bond motifs is 1. The number of ether oxygens (including phenoxy) is 1. The molecule has 0 aliphatic heterocycles. The first-order valence-corrected chi connectivity index (χ1v) is 9.54. The van der Waals surface area contributed by atoms with Crippen molar-refractivity contribution in [1.29, 1.82) is 0 Å². The van der Waals surface area contributed by atoms with E-state index in [1.165, 1.54) is 0 Å². The lowest BCUT2D eigenvalue weighted by molar-refractivity contribution is 0.0783. The molecule has 2 heterocycles. The number of carbonyl (C=O) groups excluding carboxylic acids is 1. The molecular formula is C22H21ClN4O2. The molecule has 2 aromatic carbocycles. The number of nitrogens with zero attached hydrogens (tertiary/aromatic N) is 4. The summed E-state index contributed by atoms with van der Waals surface area (Å²) < 4.78 is 9.05. The molecule has 0 atom stereocenters. The molecule has 0 unspecified atom stereocenters. The SMILES string of the molecule is COc1ccc(-n2cccc2CN(C)C(=O)c2ccc3nc(Cl)n(C)c3c2)cc1. The summed E-state index contributed by atoms with van der Waals surface area (Å²) in [6, 6.07) is 17.2. The number of halogens is 1. The highest BCUT2D eigenvalue weighted by atomic mass is 35.5. The average molecular weight is 409 g/mol. The zero-order valence-corrected chi connectivity index (χ0v) is 17.2. The van der Waals surface area contributed by atoms with Crippen LogP contribution in [0.4, 0.5) is 0 Å². The fraction of sp³-hybridized carbons (Fsp3) is 0.182. The molecular weight excluding hydrogens is 388 g/mol. The molecule has 0 aliphatic rings. The molecule has 0 fully saturated rings. The molecule has 0 N–H and O–H groups in total. The maximum absolute atomic E-state index is 13.0. The molecule has 1 amide bonds. The Kier molecular flexibility index (Phi) is 5.03. The molecule has 0 radical (unpaired) electrons. The van der Waals surface area contributed by atoms with E-state index in [-0.39, 0.29) is 5.91 Å². The number of carbonyl (C=O) groups is 1. The third-order valence-corrected chi connectivity index (χ3v) is 5.34. The van der Waals surface area contributed by atoms with Crippen molar-refractivity contribution in [3.63, 3.8) is 0 Å². The predicted molar refractivity (Wildman–Crippen MR) is 114 cm³/mol. The minimum Gasteiger partial charge on any atom is -0.497 e. The Bertz CT molecular complexity index is 1180. The van der Waals surface area contributed by atoms with Gasteiger partial charge in [-0.1, -0.05) is 0 Å². The molecule has 4 rings (SSSR count). The van der Waals surface area contributed by atoms with E-state index in [0.717, 1.165) is 28.2 Å². The third kappa shape index (κ3) is 3.59. The molecule has 0 saturated carbocycles. The number of amides is 1. The van der Waals surface area contributed by atoms with Crippen LogP contribution in [0.3, 0.4) is 0 Å². The second kappa shape index (κ2) is 7.64. The Hall–Kier alpha value is -3.25. The van der Waals surface area contributed by atoms with Crippen LogP contribution in [0.2, 0.25) is 5.28 Å². The zero-order valence-electron chi connectivity index (χ0n) is 16.5. The van der Waals surface area contributed by atoms with E-state index in [4.69, 9.17) is 16.3 Å². The Balaban J connectivity index is 1.57. The molecule has 0 saturated heterocycles. The van der Waals surface area contributed by atoms with Crippen molar-refractivity contribution < 1.29 is 9.53 Å². The molecule has 4 aromatic rings. The van der Waals surface area contributed by atoms with Crippen molar-refractivity contribution in [3.05, 3.63) is 77.3 Å². The largest absolute Gasteiger partial charge is 0.497 e. The van der Waals surface area contributed by atoms with Gasteiger partial charge in [-0.25, -0.2) is 4.98 Å². The van der Waals surface area contributed by atoms with Gasteiger partial charge >= 0.3 is 0 Å². The minimum atomic E-state index is -0.0632. The van der Waals surface area contributed by atoms with Gasteiger partial charge in [-0.05, 0) is 66.2 Å². The summed E-state index contributed by atoms with van der Waals surface area (Å²) in [5.41, 5.74) is 4.22. The molecule has 29 heavy (non-hydrogen) atoms. The van der Waals surface area contributed by atoms with E-state index < -0.39 is 0 Å². The number of hydrogen-bond donors (Lipinski definition) is 0. The van der Waals surface area contributed by atoms with E-state index >= 15 is 0 Å². The first-order chi connectivity index (χ1) is 14.0. The Morgan fingerprint density at radius 1 is 1.17 bits per heavy atom. The van der Waals surface area contributed by atoms with Crippen LogP contribution in [0.5, 0.6) is 5.75 Å². The van der Waals surface area contributed by atoms with Gasteiger partial charge in [0.2, 0.25) is 5.28 Å². The fourth-order valence-corrected chi connectivity index (χ4v) is 3.55. The smallest absolute Gasteiger partial charge is 0.254 e. The van der Waals surface area contributed by atoms with Gasteiger partial charge in [0.15, 0.2) is 0 Å². The summed E-state index contributed by atoms with van der Waals surface area (Å²) in [6.07, 6.45) is 1.99. The lowest BCUT2D eigenvalue weighted by Gasteiger charge is -2.19. The number of methoxy groups -OCH3 is 1. The number of hydrogen-bond acceptors (Lipinski definition) is 3. The van der Waals surface area contributed by atoms with Crippen LogP contribution in [-0.2, 0) is 13.6 Å². The quantitative estimate of drug-likeness (QED) is 0.494.